The molecule has 0 atom stereocenters. The fourth-order valence-electron chi connectivity index (χ4n) is 3.14. The van der Waals surface area contributed by atoms with Crippen LogP contribution in [-0.4, -0.2) is 58.6 Å². The number of aliphatic imine (C=N–C) groups is 1. The van der Waals surface area contributed by atoms with Crippen LogP contribution in [0.3, 0.4) is 0 Å². The Morgan fingerprint density at radius 3 is 2.52 bits per heavy atom. The molecule has 1 N–H and O–H groups in total. The fourth-order valence-corrected chi connectivity index (χ4v) is 3.14. The summed E-state index contributed by atoms with van der Waals surface area (Å²) >= 11 is 0. The number of hydrogen-bond donors (Lipinski definition) is 1. The minimum Gasteiger partial charge on any atom is -0.443 e. The number of rotatable bonds is 5. The number of hydrogen-bond acceptors (Lipinski definition) is 6. The summed E-state index contributed by atoms with van der Waals surface area (Å²) in [7, 11) is 0. The van der Waals surface area contributed by atoms with Gasteiger partial charge < -0.3 is 19.2 Å². The molecule has 0 aromatic carbocycles. The van der Waals surface area contributed by atoms with E-state index in [1.807, 2.05) is 19.2 Å². The van der Waals surface area contributed by atoms with E-state index in [4.69, 9.17) is 13.9 Å². The molecule has 9 heteroatoms. The van der Waals surface area contributed by atoms with Crippen molar-refractivity contribution < 1.29 is 8.94 Å². The average Bonchev–Trinajstić information content (AvgIpc) is 3.28. The maximum Gasteiger partial charge on any atom is 0.216 e. The molecule has 0 unspecified atom stereocenters. The summed E-state index contributed by atoms with van der Waals surface area (Å²) in [6, 6.07) is 2.00. The maximum absolute atomic E-state index is 5.86. The zero-order chi connectivity index (χ0) is 20.1. The summed E-state index contributed by atoms with van der Waals surface area (Å²) in [5, 5.41) is 7.48. The van der Waals surface area contributed by atoms with E-state index in [1.165, 1.54) is 0 Å². The van der Waals surface area contributed by atoms with Crippen LogP contribution in [-0.2, 0) is 18.5 Å². The molecule has 8 nitrogen and oxygen atoms in total. The highest BCUT2D eigenvalue weighted by molar-refractivity contribution is 14.0. The van der Waals surface area contributed by atoms with Crippen LogP contribution in [0.1, 0.15) is 50.8 Å². The molecule has 1 fully saturated rings. The summed E-state index contributed by atoms with van der Waals surface area (Å²) in [4.78, 5) is 13.8. The summed E-state index contributed by atoms with van der Waals surface area (Å²) in [6.07, 6.45) is 1.81. The van der Waals surface area contributed by atoms with E-state index in [0.29, 0.717) is 12.4 Å². The van der Waals surface area contributed by atoms with Gasteiger partial charge in [0.05, 0.1) is 11.9 Å². The number of oxazole rings is 1. The van der Waals surface area contributed by atoms with Crippen molar-refractivity contribution in [3.8, 4) is 0 Å². The summed E-state index contributed by atoms with van der Waals surface area (Å²) in [6.45, 7) is 16.2. The molecule has 0 bridgehead atoms. The second-order valence-corrected chi connectivity index (χ2v) is 8.23. The maximum atomic E-state index is 5.86. The molecule has 29 heavy (non-hydrogen) atoms. The van der Waals surface area contributed by atoms with Gasteiger partial charge in [-0.05, 0) is 13.8 Å². The Labute approximate surface area is 190 Å². The lowest BCUT2D eigenvalue weighted by Crippen LogP contribution is -2.52. The Morgan fingerprint density at radius 1 is 1.24 bits per heavy atom. The monoisotopic (exact) mass is 516 g/mol. The van der Waals surface area contributed by atoms with Gasteiger partial charge in [0, 0.05) is 50.7 Å². The molecular weight excluding hydrogens is 483 g/mol. The van der Waals surface area contributed by atoms with E-state index in [-0.39, 0.29) is 29.4 Å². The van der Waals surface area contributed by atoms with Gasteiger partial charge in [-0.1, -0.05) is 25.9 Å². The van der Waals surface area contributed by atoms with Crippen LogP contribution in [0.15, 0.2) is 26.2 Å². The first kappa shape index (κ1) is 23.7. The molecule has 3 heterocycles. The Morgan fingerprint density at radius 2 is 1.97 bits per heavy atom. The van der Waals surface area contributed by atoms with Crippen molar-refractivity contribution in [2.45, 2.75) is 53.1 Å². The Balaban J connectivity index is 0.00000300. The largest absolute Gasteiger partial charge is 0.443 e. The molecule has 162 valence electrons. The fraction of sp³-hybridized carbons (Fsp3) is 0.650. The quantitative estimate of drug-likeness (QED) is 0.372. The first-order valence-electron chi connectivity index (χ1n) is 9.98. The molecule has 0 saturated carbocycles. The summed E-state index contributed by atoms with van der Waals surface area (Å²) in [5.41, 5.74) is 0.947. The number of nitrogens with one attached hydrogen (secondary N) is 1. The molecule has 1 aliphatic heterocycles. The SMILES string of the molecule is CCNC(=NCc1ncc(C(C)(C)C)o1)N1CCN(Cc2cc(C)on2)CC1.I. The Hall–Kier alpha value is -1.62. The van der Waals surface area contributed by atoms with Gasteiger partial charge in [0.1, 0.15) is 18.1 Å². The van der Waals surface area contributed by atoms with Crippen LogP contribution >= 0.6 is 24.0 Å². The van der Waals surface area contributed by atoms with Crippen LogP contribution < -0.4 is 5.32 Å². The minimum atomic E-state index is -0.0435. The van der Waals surface area contributed by atoms with Gasteiger partial charge in [0.25, 0.3) is 0 Å². The Kier molecular flexibility index (Phi) is 8.50. The third-order valence-corrected chi connectivity index (χ3v) is 4.73. The molecule has 0 amide bonds. The number of aromatic nitrogens is 2. The van der Waals surface area contributed by atoms with Crippen molar-refractivity contribution in [1.29, 1.82) is 0 Å². The molecule has 0 spiro atoms. The predicted molar refractivity (Wildman–Crippen MR) is 124 cm³/mol. The van der Waals surface area contributed by atoms with Crippen molar-refractivity contribution in [2.75, 3.05) is 32.7 Å². The van der Waals surface area contributed by atoms with Crippen LogP contribution in [0.25, 0.3) is 0 Å². The number of aryl methyl sites for hydroxylation is 1. The van der Waals surface area contributed by atoms with Crippen molar-refractivity contribution in [2.24, 2.45) is 4.99 Å². The van der Waals surface area contributed by atoms with Gasteiger partial charge >= 0.3 is 0 Å². The van der Waals surface area contributed by atoms with Gasteiger partial charge in [-0.15, -0.1) is 24.0 Å². The smallest absolute Gasteiger partial charge is 0.216 e. The van der Waals surface area contributed by atoms with E-state index in [9.17, 15) is 0 Å². The van der Waals surface area contributed by atoms with Crippen LogP contribution in [0, 0.1) is 6.92 Å². The topological polar surface area (TPSA) is 82.9 Å². The lowest BCUT2D eigenvalue weighted by Gasteiger charge is -2.36. The lowest BCUT2D eigenvalue weighted by atomic mass is 9.94. The highest BCUT2D eigenvalue weighted by Gasteiger charge is 2.22. The third kappa shape index (κ3) is 6.70. The standard InChI is InChI=1S/C20H32N6O2.HI/c1-6-21-19(23-13-18-22-12-17(27-18)20(3,4)5)26-9-7-25(8-10-26)14-16-11-15(2)28-24-16;/h11-12H,6-10,13-14H2,1-5H3,(H,21,23);1H. The molecule has 0 aliphatic carbocycles. The van der Waals surface area contributed by atoms with Crippen LogP contribution in [0.4, 0.5) is 0 Å². The highest BCUT2D eigenvalue weighted by atomic mass is 127. The van der Waals surface area contributed by atoms with Gasteiger partial charge in [0.15, 0.2) is 5.96 Å². The summed E-state index contributed by atoms with van der Waals surface area (Å²) < 4.78 is 11.0. The molecule has 1 saturated heterocycles. The van der Waals surface area contributed by atoms with Crippen LogP contribution in [0.2, 0.25) is 0 Å². The third-order valence-electron chi connectivity index (χ3n) is 4.73. The second-order valence-electron chi connectivity index (χ2n) is 8.23. The van der Waals surface area contributed by atoms with Gasteiger partial charge in [-0.3, -0.25) is 4.90 Å². The summed E-state index contributed by atoms with van der Waals surface area (Å²) in [5.74, 6) is 3.31. The molecule has 2 aromatic rings. The zero-order valence-electron chi connectivity index (χ0n) is 18.1. The van der Waals surface area contributed by atoms with Gasteiger partial charge in [-0.2, -0.15) is 0 Å². The van der Waals surface area contributed by atoms with E-state index in [1.54, 1.807) is 0 Å². The first-order valence-corrected chi connectivity index (χ1v) is 9.98. The number of piperazine rings is 1. The van der Waals surface area contributed by atoms with Gasteiger partial charge in [0.2, 0.25) is 5.89 Å². The highest BCUT2D eigenvalue weighted by Crippen LogP contribution is 2.22. The van der Waals surface area contributed by atoms with Crippen molar-refractivity contribution >= 4 is 29.9 Å². The lowest BCUT2D eigenvalue weighted by molar-refractivity contribution is 0.169. The van der Waals surface area contributed by atoms with Crippen molar-refractivity contribution in [3.05, 3.63) is 35.4 Å². The van der Waals surface area contributed by atoms with Crippen molar-refractivity contribution in [3.63, 3.8) is 0 Å². The first-order chi connectivity index (χ1) is 13.3. The van der Waals surface area contributed by atoms with Crippen molar-refractivity contribution in [1.82, 2.24) is 25.3 Å². The second kappa shape index (κ2) is 10.4. The van der Waals surface area contributed by atoms with Crippen LogP contribution in [0.5, 0.6) is 0 Å². The zero-order valence-corrected chi connectivity index (χ0v) is 20.4. The number of guanidine groups is 1. The predicted octanol–water partition coefficient (Wildman–Crippen LogP) is 3.17. The number of halogens is 1. The van der Waals surface area contributed by atoms with E-state index in [0.717, 1.165) is 62.4 Å². The molecule has 0 radical (unpaired) electrons. The average molecular weight is 516 g/mol. The minimum absolute atomic E-state index is 0. The molecule has 2 aromatic heterocycles. The van der Waals surface area contributed by atoms with Gasteiger partial charge in [-0.25, -0.2) is 9.98 Å². The van der Waals surface area contributed by atoms with E-state index in [2.05, 4.69) is 53.0 Å². The number of nitrogens with zero attached hydrogens (tertiary/aromatic N) is 5. The molecular formula is C20H33IN6O2. The normalized spacial score (nSPS) is 16.0. The molecule has 3 rings (SSSR count). The van der Waals surface area contributed by atoms with E-state index < -0.39 is 0 Å². The molecule has 1 aliphatic rings. The van der Waals surface area contributed by atoms with E-state index >= 15 is 0 Å². The Bertz CT molecular complexity index is 787.